The Morgan fingerprint density at radius 1 is 1.33 bits per heavy atom. The Morgan fingerprint density at radius 2 is 2.11 bits per heavy atom. The summed E-state index contributed by atoms with van der Waals surface area (Å²) < 4.78 is 0. The molecule has 3 fully saturated rings. The van der Waals surface area contributed by atoms with Crippen molar-refractivity contribution in [2.45, 2.75) is 38.2 Å². The number of rotatable bonds is 4. The van der Waals surface area contributed by atoms with Crippen LogP contribution in [0.2, 0.25) is 0 Å². The molecule has 3 rings (SSSR count). The van der Waals surface area contributed by atoms with E-state index in [1.807, 2.05) is 0 Å². The van der Waals surface area contributed by atoms with E-state index in [-0.39, 0.29) is 11.5 Å². The lowest BCUT2D eigenvalue weighted by Gasteiger charge is -2.24. The van der Waals surface area contributed by atoms with E-state index in [0.717, 1.165) is 26.1 Å². The number of nitrogens with zero attached hydrogens (tertiary/aromatic N) is 2. The third kappa shape index (κ3) is 2.21. The van der Waals surface area contributed by atoms with Crippen LogP contribution in [-0.2, 0) is 0 Å². The summed E-state index contributed by atoms with van der Waals surface area (Å²) in [6.07, 6.45) is 5.14. The second-order valence-corrected chi connectivity index (χ2v) is 6.53. The molecule has 2 aliphatic carbocycles. The van der Waals surface area contributed by atoms with Gasteiger partial charge in [-0.05, 0) is 37.0 Å². The van der Waals surface area contributed by atoms with Gasteiger partial charge in [0.05, 0.1) is 6.10 Å². The van der Waals surface area contributed by atoms with Gasteiger partial charge in [0.2, 0.25) is 0 Å². The number of aliphatic hydroxyl groups is 1. The second kappa shape index (κ2) is 4.38. The molecule has 4 N–H and O–H groups in total. The molecular formula is C13H23N3O2. The quantitative estimate of drug-likeness (QED) is 0.297. The zero-order chi connectivity index (χ0) is 12.8. The molecule has 1 saturated heterocycles. The van der Waals surface area contributed by atoms with Crippen LogP contribution in [0.1, 0.15) is 32.1 Å². The summed E-state index contributed by atoms with van der Waals surface area (Å²) in [5.74, 6) is 1.54. The largest absolute Gasteiger partial charge is 0.409 e. The van der Waals surface area contributed by atoms with Gasteiger partial charge in [-0.15, -0.1) is 0 Å². The van der Waals surface area contributed by atoms with E-state index in [9.17, 15) is 5.11 Å². The number of amidine groups is 1. The SMILES string of the molecule is NC(CC1(CN2CC3CCC(O)C3C2)CC1)=NO. The summed E-state index contributed by atoms with van der Waals surface area (Å²) in [6.45, 7) is 3.20. The number of hydrogen-bond donors (Lipinski definition) is 3. The Hall–Kier alpha value is -0.810. The highest BCUT2D eigenvalue weighted by atomic mass is 16.4. The predicted molar refractivity (Wildman–Crippen MR) is 68.4 cm³/mol. The molecule has 2 saturated carbocycles. The summed E-state index contributed by atoms with van der Waals surface area (Å²) in [5.41, 5.74) is 5.88. The highest BCUT2D eigenvalue weighted by Crippen LogP contribution is 2.50. The van der Waals surface area contributed by atoms with Crippen molar-refractivity contribution in [3.63, 3.8) is 0 Å². The molecule has 18 heavy (non-hydrogen) atoms. The first-order chi connectivity index (χ1) is 8.62. The fraction of sp³-hybridized carbons (Fsp3) is 0.923. The van der Waals surface area contributed by atoms with E-state index in [1.165, 1.54) is 19.3 Å². The maximum absolute atomic E-state index is 9.92. The Balaban J connectivity index is 1.55. The maximum atomic E-state index is 9.92. The summed E-state index contributed by atoms with van der Waals surface area (Å²) >= 11 is 0. The molecule has 0 amide bonds. The fourth-order valence-electron chi connectivity index (χ4n) is 3.92. The van der Waals surface area contributed by atoms with Crippen LogP contribution in [-0.4, -0.2) is 46.8 Å². The van der Waals surface area contributed by atoms with Crippen LogP contribution in [0.25, 0.3) is 0 Å². The zero-order valence-corrected chi connectivity index (χ0v) is 10.8. The molecule has 3 aliphatic rings. The lowest BCUT2D eigenvalue weighted by Crippen LogP contribution is -2.33. The third-order valence-corrected chi connectivity index (χ3v) is 5.10. The summed E-state index contributed by atoms with van der Waals surface area (Å²) in [4.78, 5) is 2.48. The molecule has 102 valence electrons. The molecule has 0 spiro atoms. The van der Waals surface area contributed by atoms with Gasteiger partial charge < -0.3 is 20.9 Å². The average molecular weight is 253 g/mol. The minimum absolute atomic E-state index is 0.0840. The number of likely N-dealkylation sites (tertiary alicyclic amines) is 1. The molecule has 0 aromatic heterocycles. The van der Waals surface area contributed by atoms with Gasteiger partial charge in [-0.1, -0.05) is 5.16 Å². The molecule has 0 aromatic rings. The van der Waals surface area contributed by atoms with Crippen molar-refractivity contribution < 1.29 is 10.3 Å². The minimum atomic E-state index is -0.0840. The highest BCUT2D eigenvalue weighted by molar-refractivity contribution is 5.80. The summed E-state index contributed by atoms with van der Waals surface area (Å²) in [6, 6.07) is 0. The minimum Gasteiger partial charge on any atom is -0.409 e. The van der Waals surface area contributed by atoms with Crippen molar-refractivity contribution >= 4 is 5.84 Å². The van der Waals surface area contributed by atoms with Gasteiger partial charge in [0.15, 0.2) is 0 Å². The first-order valence-corrected chi connectivity index (χ1v) is 6.99. The Kier molecular flexibility index (Phi) is 2.98. The Bertz CT molecular complexity index is 354. The first kappa shape index (κ1) is 12.2. The van der Waals surface area contributed by atoms with Gasteiger partial charge >= 0.3 is 0 Å². The van der Waals surface area contributed by atoms with Crippen molar-refractivity contribution in [3.8, 4) is 0 Å². The van der Waals surface area contributed by atoms with Crippen molar-refractivity contribution in [2.24, 2.45) is 28.1 Å². The first-order valence-electron chi connectivity index (χ1n) is 6.99. The fourth-order valence-corrected chi connectivity index (χ4v) is 3.92. The average Bonchev–Trinajstić information content (AvgIpc) is 2.82. The van der Waals surface area contributed by atoms with Crippen molar-refractivity contribution in [2.75, 3.05) is 19.6 Å². The lowest BCUT2D eigenvalue weighted by atomic mass is 9.99. The van der Waals surface area contributed by atoms with Crippen LogP contribution in [0.3, 0.4) is 0 Å². The normalized spacial score (nSPS) is 38.9. The second-order valence-electron chi connectivity index (χ2n) is 6.53. The summed E-state index contributed by atoms with van der Waals surface area (Å²) in [7, 11) is 0. The van der Waals surface area contributed by atoms with Gasteiger partial charge in [-0.25, -0.2) is 0 Å². The molecule has 5 nitrogen and oxygen atoms in total. The zero-order valence-electron chi connectivity index (χ0n) is 10.8. The molecule has 1 aliphatic heterocycles. The van der Waals surface area contributed by atoms with Gasteiger partial charge in [-0.3, -0.25) is 0 Å². The highest BCUT2D eigenvalue weighted by Gasteiger charge is 2.48. The van der Waals surface area contributed by atoms with Crippen LogP contribution < -0.4 is 5.73 Å². The molecule has 3 atom stereocenters. The van der Waals surface area contributed by atoms with Gasteiger partial charge in [-0.2, -0.15) is 0 Å². The van der Waals surface area contributed by atoms with Gasteiger partial charge in [0.25, 0.3) is 0 Å². The van der Waals surface area contributed by atoms with Crippen LogP contribution in [0.15, 0.2) is 5.16 Å². The van der Waals surface area contributed by atoms with Gasteiger partial charge in [0.1, 0.15) is 5.84 Å². The summed E-state index contributed by atoms with van der Waals surface area (Å²) in [5, 5.41) is 21.7. The van der Waals surface area contributed by atoms with Crippen LogP contribution in [0.4, 0.5) is 0 Å². The molecule has 3 unspecified atom stereocenters. The van der Waals surface area contributed by atoms with E-state index < -0.39 is 0 Å². The number of hydrogen-bond acceptors (Lipinski definition) is 4. The van der Waals surface area contributed by atoms with Crippen molar-refractivity contribution in [1.82, 2.24) is 4.90 Å². The van der Waals surface area contributed by atoms with Crippen LogP contribution in [0.5, 0.6) is 0 Å². The predicted octanol–water partition coefficient (Wildman–Crippen LogP) is 0.606. The number of oxime groups is 1. The smallest absolute Gasteiger partial charge is 0.139 e. The van der Waals surface area contributed by atoms with Crippen molar-refractivity contribution in [1.29, 1.82) is 0 Å². The monoisotopic (exact) mass is 253 g/mol. The van der Waals surface area contributed by atoms with Crippen molar-refractivity contribution in [3.05, 3.63) is 0 Å². The van der Waals surface area contributed by atoms with Crippen LogP contribution >= 0.6 is 0 Å². The van der Waals surface area contributed by atoms with Gasteiger partial charge in [0, 0.05) is 32.0 Å². The third-order valence-electron chi connectivity index (χ3n) is 5.10. The van der Waals surface area contributed by atoms with E-state index in [2.05, 4.69) is 10.1 Å². The Morgan fingerprint density at radius 3 is 2.72 bits per heavy atom. The Labute approximate surface area is 108 Å². The van der Waals surface area contributed by atoms with E-state index in [4.69, 9.17) is 10.9 Å². The number of nitrogens with two attached hydrogens (primary N) is 1. The molecule has 0 radical (unpaired) electrons. The molecular weight excluding hydrogens is 230 g/mol. The van der Waals surface area contributed by atoms with E-state index in [0.29, 0.717) is 24.1 Å². The topological polar surface area (TPSA) is 82.1 Å². The molecule has 0 aromatic carbocycles. The standard InChI is InChI=1S/C13H23N3O2/c14-12(15-18)5-13(3-4-13)8-16-6-9-1-2-11(17)10(9)7-16/h9-11,17-18H,1-8H2,(H2,14,15). The number of aliphatic hydroxyl groups excluding tert-OH is 1. The van der Waals surface area contributed by atoms with Crippen LogP contribution in [0, 0.1) is 17.3 Å². The maximum Gasteiger partial charge on any atom is 0.139 e. The molecule has 0 bridgehead atoms. The lowest BCUT2D eigenvalue weighted by molar-refractivity contribution is 0.121. The molecule has 5 heteroatoms. The van der Waals surface area contributed by atoms with E-state index >= 15 is 0 Å². The van der Waals surface area contributed by atoms with E-state index in [1.54, 1.807) is 0 Å². The molecule has 1 heterocycles. The number of fused-ring (bicyclic) bond motifs is 1.